The molecule has 2 amide bonds. The number of rotatable bonds is 7. The second-order valence-corrected chi connectivity index (χ2v) is 6.92. The number of aromatic nitrogens is 2. The lowest BCUT2D eigenvalue weighted by Crippen LogP contribution is -2.35. The highest BCUT2D eigenvalue weighted by Gasteiger charge is 2.15. The number of hydrogen-bond acceptors (Lipinski definition) is 7. The smallest absolute Gasteiger partial charge is 0.243 e. The first-order valence-corrected chi connectivity index (χ1v) is 8.71. The summed E-state index contributed by atoms with van der Waals surface area (Å²) in [5, 5.41) is 14.0. The van der Waals surface area contributed by atoms with Crippen LogP contribution in [0, 0.1) is 5.82 Å². The standard InChI is InChI=1S/C14H16FN5O2S2/c1-16-13-18-19-14(24-13)23-8-12(22)20(2)7-11(21)17-10-5-3-9(15)4-6-10/h3-6H,7-8H2,1-2H3,(H,16,18)(H,17,21). The van der Waals surface area contributed by atoms with Crippen LogP contribution in [-0.2, 0) is 9.59 Å². The molecule has 0 radical (unpaired) electrons. The summed E-state index contributed by atoms with van der Waals surface area (Å²) in [6, 6.07) is 5.42. The highest BCUT2D eigenvalue weighted by atomic mass is 32.2. The first-order chi connectivity index (χ1) is 11.5. The van der Waals surface area contributed by atoms with Crippen molar-refractivity contribution in [3.63, 3.8) is 0 Å². The average Bonchev–Trinajstić information content (AvgIpc) is 3.02. The Kier molecular flexibility index (Phi) is 6.50. The number of hydrogen-bond donors (Lipinski definition) is 2. The number of halogens is 1. The molecule has 1 aromatic heterocycles. The van der Waals surface area contributed by atoms with E-state index >= 15 is 0 Å². The highest BCUT2D eigenvalue weighted by molar-refractivity contribution is 8.01. The lowest BCUT2D eigenvalue weighted by atomic mass is 10.3. The third kappa shape index (κ3) is 5.46. The first kappa shape index (κ1) is 18.1. The van der Waals surface area contributed by atoms with Crippen molar-refractivity contribution in [2.45, 2.75) is 4.34 Å². The number of benzene rings is 1. The monoisotopic (exact) mass is 369 g/mol. The Morgan fingerprint density at radius 2 is 2.00 bits per heavy atom. The van der Waals surface area contributed by atoms with Crippen LogP contribution in [0.2, 0.25) is 0 Å². The topological polar surface area (TPSA) is 87.2 Å². The van der Waals surface area contributed by atoms with Gasteiger partial charge in [0.15, 0.2) is 4.34 Å². The molecule has 0 aliphatic carbocycles. The molecule has 24 heavy (non-hydrogen) atoms. The number of thioether (sulfide) groups is 1. The van der Waals surface area contributed by atoms with E-state index in [1.165, 1.54) is 52.3 Å². The summed E-state index contributed by atoms with van der Waals surface area (Å²) in [5.74, 6) is -0.764. The van der Waals surface area contributed by atoms with Crippen LogP contribution in [0.15, 0.2) is 28.6 Å². The van der Waals surface area contributed by atoms with Gasteiger partial charge in [-0.25, -0.2) is 4.39 Å². The average molecular weight is 369 g/mol. The van der Waals surface area contributed by atoms with Gasteiger partial charge in [-0.1, -0.05) is 23.1 Å². The van der Waals surface area contributed by atoms with E-state index in [9.17, 15) is 14.0 Å². The van der Waals surface area contributed by atoms with Gasteiger partial charge in [-0.2, -0.15) is 0 Å². The Bertz CT molecular complexity index is 707. The van der Waals surface area contributed by atoms with Gasteiger partial charge in [-0.3, -0.25) is 9.59 Å². The van der Waals surface area contributed by atoms with E-state index in [0.29, 0.717) is 15.2 Å². The molecule has 0 aliphatic rings. The molecule has 0 spiro atoms. The van der Waals surface area contributed by atoms with Crippen LogP contribution < -0.4 is 10.6 Å². The molecular formula is C14H16FN5O2S2. The van der Waals surface area contributed by atoms with E-state index in [4.69, 9.17) is 0 Å². The van der Waals surface area contributed by atoms with Crippen molar-refractivity contribution >= 4 is 45.7 Å². The van der Waals surface area contributed by atoms with Crippen molar-refractivity contribution in [3.05, 3.63) is 30.1 Å². The Morgan fingerprint density at radius 1 is 1.29 bits per heavy atom. The van der Waals surface area contributed by atoms with Crippen molar-refractivity contribution in [3.8, 4) is 0 Å². The van der Waals surface area contributed by atoms with Crippen LogP contribution in [0.4, 0.5) is 15.2 Å². The van der Waals surface area contributed by atoms with Gasteiger partial charge in [-0.15, -0.1) is 10.2 Å². The third-order valence-corrected chi connectivity index (χ3v) is 4.93. The molecule has 2 N–H and O–H groups in total. The second kappa shape index (κ2) is 8.60. The molecule has 0 atom stereocenters. The van der Waals surface area contributed by atoms with Gasteiger partial charge in [0, 0.05) is 19.8 Å². The zero-order chi connectivity index (χ0) is 17.5. The number of amides is 2. The number of anilines is 2. The fourth-order valence-electron chi connectivity index (χ4n) is 1.64. The van der Waals surface area contributed by atoms with E-state index in [1.54, 1.807) is 14.1 Å². The number of nitrogens with zero attached hydrogens (tertiary/aromatic N) is 3. The first-order valence-electron chi connectivity index (χ1n) is 6.91. The van der Waals surface area contributed by atoms with Crippen LogP contribution in [-0.4, -0.2) is 53.3 Å². The lowest BCUT2D eigenvalue weighted by Gasteiger charge is -2.16. The summed E-state index contributed by atoms with van der Waals surface area (Å²) < 4.78 is 13.5. The second-order valence-electron chi connectivity index (χ2n) is 4.72. The molecule has 0 bridgehead atoms. The lowest BCUT2D eigenvalue weighted by molar-refractivity contribution is -0.131. The molecule has 0 saturated carbocycles. The summed E-state index contributed by atoms with van der Waals surface area (Å²) in [6.07, 6.45) is 0. The van der Waals surface area contributed by atoms with Gasteiger partial charge in [0.1, 0.15) is 5.82 Å². The molecular weight excluding hydrogens is 353 g/mol. The summed E-state index contributed by atoms with van der Waals surface area (Å²) in [7, 11) is 3.29. The largest absolute Gasteiger partial charge is 0.363 e. The number of carbonyl (C=O) groups excluding carboxylic acids is 2. The predicted molar refractivity (Wildman–Crippen MR) is 92.8 cm³/mol. The van der Waals surface area contributed by atoms with Gasteiger partial charge >= 0.3 is 0 Å². The maximum absolute atomic E-state index is 12.8. The summed E-state index contributed by atoms with van der Waals surface area (Å²) >= 11 is 2.62. The molecule has 0 unspecified atom stereocenters. The van der Waals surface area contributed by atoms with Crippen molar-refractivity contribution < 1.29 is 14.0 Å². The molecule has 7 nitrogen and oxygen atoms in total. The van der Waals surface area contributed by atoms with Crippen LogP contribution in [0.5, 0.6) is 0 Å². The molecule has 2 aromatic rings. The van der Waals surface area contributed by atoms with Crippen molar-refractivity contribution in [2.24, 2.45) is 0 Å². The minimum atomic E-state index is -0.379. The van der Waals surface area contributed by atoms with Gasteiger partial charge < -0.3 is 15.5 Å². The van der Waals surface area contributed by atoms with Gasteiger partial charge in [-0.05, 0) is 24.3 Å². The fourth-order valence-corrected chi connectivity index (χ4v) is 3.29. The van der Waals surface area contributed by atoms with Gasteiger partial charge in [0.05, 0.1) is 12.3 Å². The molecule has 0 fully saturated rings. The molecule has 1 heterocycles. The quantitative estimate of drug-likeness (QED) is 0.725. The normalized spacial score (nSPS) is 10.3. The van der Waals surface area contributed by atoms with Crippen LogP contribution >= 0.6 is 23.1 Å². The molecule has 128 valence electrons. The van der Waals surface area contributed by atoms with Crippen LogP contribution in [0.1, 0.15) is 0 Å². The van der Waals surface area contributed by atoms with Crippen molar-refractivity contribution in [1.29, 1.82) is 0 Å². The van der Waals surface area contributed by atoms with Gasteiger partial charge in [0.25, 0.3) is 0 Å². The van der Waals surface area contributed by atoms with E-state index in [2.05, 4.69) is 20.8 Å². The minimum Gasteiger partial charge on any atom is -0.363 e. The van der Waals surface area contributed by atoms with Crippen molar-refractivity contribution in [2.75, 3.05) is 37.0 Å². The number of carbonyl (C=O) groups is 2. The maximum Gasteiger partial charge on any atom is 0.243 e. The Hall–Kier alpha value is -2.20. The predicted octanol–water partition coefficient (Wildman–Crippen LogP) is 1.91. The Labute approximate surface area is 146 Å². The zero-order valence-electron chi connectivity index (χ0n) is 13.1. The van der Waals surface area contributed by atoms with Crippen LogP contribution in [0.25, 0.3) is 0 Å². The highest BCUT2D eigenvalue weighted by Crippen LogP contribution is 2.25. The molecule has 0 aliphatic heterocycles. The summed E-state index contributed by atoms with van der Waals surface area (Å²) in [5.41, 5.74) is 0.477. The van der Waals surface area contributed by atoms with E-state index < -0.39 is 0 Å². The Balaban J connectivity index is 1.77. The third-order valence-electron chi connectivity index (χ3n) is 2.87. The van der Waals surface area contributed by atoms with E-state index in [-0.39, 0.29) is 29.9 Å². The molecule has 10 heteroatoms. The van der Waals surface area contributed by atoms with Crippen LogP contribution in [0.3, 0.4) is 0 Å². The minimum absolute atomic E-state index is 0.0886. The van der Waals surface area contributed by atoms with E-state index in [0.717, 1.165) is 0 Å². The summed E-state index contributed by atoms with van der Waals surface area (Å²) in [6.45, 7) is -0.0886. The van der Waals surface area contributed by atoms with Gasteiger partial charge in [0.2, 0.25) is 16.9 Å². The number of likely N-dealkylation sites (N-methyl/N-ethyl adjacent to an activating group) is 1. The summed E-state index contributed by atoms with van der Waals surface area (Å²) in [4.78, 5) is 25.3. The zero-order valence-corrected chi connectivity index (χ0v) is 14.7. The fraction of sp³-hybridized carbons (Fsp3) is 0.286. The van der Waals surface area contributed by atoms with E-state index in [1.807, 2.05) is 0 Å². The van der Waals surface area contributed by atoms with Crippen molar-refractivity contribution in [1.82, 2.24) is 15.1 Å². The SMILES string of the molecule is CNc1nnc(SCC(=O)N(C)CC(=O)Nc2ccc(F)cc2)s1. The molecule has 0 saturated heterocycles. The maximum atomic E-state index is 12.8. The Morgan fingerprint density at radius 3 is 2.62 bits per heavy atom. The number of nitrogens with one attached hydrogen (secondary N) is 2. The molecule has 2 rings (SSSR count). The molecule has 1 aromatic carbocycles.